The Morgan fingerprint density at radius 1 is 1.00 bits per heavy atom. The molecule has 1 saturated heterocycles. The van der Waals surface area contributed by atoms with E-state index >= 15 is 0 Å². The highest BCUT2D eigenvalue weighted by atomic mass is 16.2. The molecule has 4 aliphatic rings. The molecule has 2 bridgehead atoms. The minimum absolute atomic E-state index is 0.328. The Morgan fingerprint density at radius 3 is 2.64 bits per heavy atom. The van der Waals surface area contributed by atoms with Crippen molar-refractivity contribution < 1.29 is 4.79 Å². The van der Waals surface area contributed by atoms with Gasteiger partial charge in [0.05, 0.1) is 0 Å². The van der Waals surface area contributed by atoms with Gasteiger partial charge in [-0.3, -0.25) is 4.79 Å². The standard InChI is InChI=1S/C12H17NO/c14-11-5-10-8-4-9(12(10)13-11)7-3-1-2-6(7)8/h6-10,12H,1-5H2,(H,13,14). The zero-order valence-corrected chi connectivity index (χ0v) is 8.41. The quantitative estimate of drug-likeness (QED) is 0.618. The number of hydrogen-bond donors (Lipinski definition) is 1. The number of rotatable bonds is 0. The van der Waals surface area contributed by atoms with Gasteiger partial charge in [0, 0.05) is 12.5 Å². The van der Waals surface area contributed by atoms with Gasteiger partial charge in [-0.05, 0) is 48.9 Å². The van der Waals surface area contributed by atoms with Crippen LogP contribution in [0.15, 0.2) is 0 Å². The summed E-state index contributed by atoms with van der Waals surface area (Å²) in [5.41, 5.74) is 0. The van der Waals surface area contributed by atoms with E-state index in [0.29, 0.717) is 11.9 Å². The molecule has 6 atom stereocenters. The van der Waals surface area contributed by atoms with E-state index in [4.69, 9.17) is 0 Å². The monoisotopic (exact) mass is 191 g/mol. The number of fused-ring (bicyclic) bond motifs is 8. The van der Waals surface area contributed by atoms with Gasteiger partial charge < -0.3 is 5.32 Å². The Labute approximate surface area is 84.4 Å². The lowest BCUT2D eigenvalue weighted by atomic mass is 9.73. The first-order chi connectivity index (χ1) is 6.84. The van der Waals surface area contributed by atoms with Gasteiger partial charge >= 0.3 is 0 Å². The lowest BCUT2D eigenvalue weighted by Gasteiger charge is -2.33. The number of nitrogens with one attached hydrogen (secondary N) is 1. The molecule has 3 aliphatic carbocycles. The molecule has 76 valence electrons. The molecule has 6 unspecified atom stereocenters. The zero-order chi connectivity index (χ0) is 9.28. The van der Waals surface area contributed by atoms with E-state index in [9.17, 15) is 4.79 Å². The molecule has 0 radical (unpaired) electrons. The van der Waals surface area contributed by atoms with Crippen molar-refractivity contribution in [2.75, 3.05) is 0 Å². The van der Waals surface area contributed by atoms with Crippen LogP contribution in [0.25, 0.3) is 0 Å². The molecule has 1 amide bonds. The van der Waals surface area contributed by atoms with Gasteiger partial charge in [0.2, 0.25) is 5.91 Å². The molecule has 2 nitrogen and oxygen atoms in total. The van der Waals surface area contributed by atoms with Crippen molar-refractivity contribution in [1.82, 2.24) is 5.32 Å². The maximum absolute atomic E-state index is 11.4. The molecular weight excluding hydrogens is 174 g/mol. The smallest absolute Gasteiger partial charge is 0.220 e. The minimum Gasteiger partial charge on any atom is -0.353 e. The first-order valence-electron chi connectivity index (χ1n) is 6.14. The summed E-state index contributed by atoms with van der Waals surface area (Å²) in [5.74, 6) is 4.83. The fourth-order valence-electron chi connectivity index (χ4n) is 5.18. The van der Waals surface area contributed by atoms with Crippen LogP contribution in [-0.4, -0.2) is 11.9 Å². The SMILES string of the molecule is O=C1CC2C3CC(C4CCCC34)C2N1. The number of hydrogen-bond acceptors (Lipinski definition) is 1. The molecule has 2 heteroatoms. The Kier molecular flexibility index (Phi) is 1.29. The van der Waals surface area contributed by atoms with Crippen LogP contribution < -0.4 is 5.32 Å². The topological polar surface area (TPSA) is 29.1 Å². The fourth-order valence-corrected chi connectivity index (χ4v) is 5.18. The molecule has 1 aliphatic heterocycles. The molecule has 1 heterocycles. The van der Waals surface area contributed by atoms with Gasteiger partial charge in [0.1, 0.15) is 0 Å². The minimum atomic E-state index is 0.328. The highest BCUT2D eigenvalue weighted by Gasteiger charge is 2.61. The van der Waals surface area contributed by atoms with Gasteiger partial charge in [0.25, 0.3) is 0 Å². The Balaban J connectivity index is 1.71. The van der Waals surface area contributed by atoms with Gasteiger partial charge in [0.15, 0.2) is 0 Å². The molecule has 1 N–H and O–H groups in total. The van der Waals surface area contributed by atoms with Crippen molar-refractivity contribution >= 4 is 5.91 Å². The van der Waals surface area contributed by atoms with Gasteiger partial charge in [-0.1, -0.05) is 6.42 Å². The summed E-state index contributed by atoms with van der Waals surface area (Å²) in [5, 5.41) is 3.22. The lowest BCUT2D eigenvalue weighted by Crippen LogP contribution is -2.40. The van der Waals surface area contributed by atoms with Gasteiger partial charge in [-0.25, -0.2) is 0 Å². The van der Waals surface area contributed by atoms with E-state index in [1.807, 2.05) is 0 Å². The Morgan fingerprint density at radius 2 is 1.79 bits per heavy atom. The van der Waals surface area contributed by atoms with Crippen molar-refractivity contribution in [3.8, 4) is 0 Å². The third-order valence-corrected chi connectivity index (χ3v) is 5.49. The van der Waals surface area contributed by atoms with E-state index in [1.54, 1.807) is 0 Å². The van der Waals surface area contributed by atoms with Gasteiger partial charge in [-0.15, -0.1) is 0 Å². The second-order valence-electron chi connectivity index (χ2n) is 5.78. The highest BCUT2D eigenvalue weighted by molar-refractivity contribution is 5.79. The van der Waals surface area contributed by atoms with Gasteiger partial charge in [-0.2, -0.15) is 0 Å². The van der Waals surface area contributed by atoms with Crippen molar-refractivity contribution in [3.63, 3.8) is 0 Å². The summed E-state index contributed by atoms with van der Waals surface area (Å²) < 4.78 is 0. The van der Waals surface area contributed by atoms with Crippen LogP contribution in [0, 0.1) is 29.6 Å². The Hall–Kier alpha value is -0.530. The lowest BCUT2D eigenvalue weighted by molar-refractivity contribution is -0.119. The van der Waals surface area contributed by atoms with E-state index in [1.165, 1.54) is 25.7 Å². The largest absolute Gasteiger partial charge is 0.353 e. The normalized spacial score (nSPS) is 58.7. The molecule has 4 fully saturated rings. The molecular formula is C12H17NO. The van der Waals surface area contributed by atoms with Crippen LogP contribution in [-0.2, 0) is 4.79 Å². The summed E-state index contributed by atoms with van der Waals surface area (Å²) in [4.78, 5) is 11.4. The Bertz CT molecular complexity index is 275. The third-order valence-electron chi connectivity index (χ3n) is 5.49. The molecule has 3 saturated carbocycles. The van der Waals surface area contributed by atoms with Crippen molar-refractivity contribution in [3.05, 3.63) is 0 Å². The van der Waals surface area contributed by atoms with Crippen LogP contribution in [0.2, 0.25) is 0 Å². The molecule has 0 spiro atoms. The summed E-state index contributed by atoms with van der Waals surface area (Å²) in [7, 11) is 0. The summed E-state index contributed by atoms with van der Waals surface area (Å²) in [6, 6.07) is 0.590. The first kappa shape index (κ1) is 7.72. The fraction of sp³-hybridized carbons (Fsp3) is 0.917. The van der Waals surface area contributed by atoms with E-state index in [-0.39, 0.29) is 0 Å². The number of carbonyl (C=O) groups is 1. The van der Waals surface area contributed by atoms with Crippen LogP contribution in [0.1, 0.15) is 32.1 Å². The predicted molar refractivity (Wildman–Crippen MR) is 52.5 cm³/mol. The first-order valence-corrected chi connectivity index (χ1v) is 6.14. The van der Waals surface area contributed by atoms with Crippen LogP contribution in [0.3, 0.4) is 0 Å². The summed E-state index contributed by atoms with van der Waals surface area (Å²) in [6.45, 7) is 0. The molecule has 0 aromatic carbocycles. The molecule has 0 aromatic heterocycles. The number of carbonyl (C=O) groups excluding carboxylic acids is 1. The average Bonchev–Trinajstić information content (AvgIpc) is 2.73. The second kappa shape index (κ2) is 2.34. The zero-order valence-electron chi connectivity index (χ0n) is 8.41. The van der Waals surface area contributed by atoms with E-state index < -0.39 is 0 Å². The van der Waals surface area contributed by atoms with E-state index in [0.717, 1.165) is 36.0 Å². The highest BCUT2D eigenvalue weighted by Crippen LogP contribution is 2.62. The van der Waals surface area contributed by atoms with Crippen LogP contribution >= 0.6 is 0 Å². The second-order valence-corrected chi connectivity index (χ2v) is 5.78. The molecule has 14 heavy (non-hydrogen) atoms. The molecule has 0 aromatic rings. The predicted octanol–water partition coefficient (Wildman–Crippen LogP) is 1.56. The summed E-state index contributed by atoms with van der Waals surface area (Å²) >= 11 is 0. The van der Waals surface area contributed by atoms with Crippen molar-refractivity contribution in [2.45, 2.75) is 38.1 Å². The summed E-state index contributed by atoms with van der Waals surface area (Å²) in [6.07, 6.45) is 6.64. The van der Waals surface area contributed by atoms with E-state index in [2.05, 4.69) is 5.32 Å². The van der Waals surface area contributed by atoms with Crippen LogP contribution in [0.5, 0.6) is 0 Å². The maximum Gasteiger partial charge on any atom is 0.220 e. The van der Waals surface area contributed by atoms with Crippen LogP contribution in [0.4, 0.5) is 0 Å². The van der Waals surface area contributed by atoms with Crippen molar-refractivity contribution in [2.24, 2.45) is 29.6 Å². The average molecular weight is 191 g/mol. The maximum atomic E-state index is 11.4. The van der Waals surface area contributed by atoms with Crippen molar-refractivity contribution in [1.29, 1.82) is 0 Å². The third kappa shape index (κ3) is 0.731. The number of amides is 1. The molecule has 4 rings (SSSR count).